The predicted octanol–water partition coefficient (Wildman–Crippen LogP) is 2.44. The lowest BCUT2D eigenvalue weighted by Crippen LogP contribution is -2.50. The lowest BCUT2D eigenvalue weighted by atomic mass is 9.93. The van der Waals surface area contributed by atoms with Gasteiger partial charge in [0.1, 0.15) is 0 Å². The van der Waals surface area contributed by atoms with Gasteiger partial charge < -0.3 is 10.6 Å². The van der Waals surface area contributed by atoms with Gasteiger partial charge in [0.2, 0.25) is 0 Å². The number of H-pyrrole nitrogens is 1. The van der Waals surface area contributed by atoms with Crippen molar-refractivity contribution in [1.82, 2.24) is 20.4 Å². The van der Waals surface area contributed by atoms with Gasteiger partial charge in [0, 0.05) is 31.9 Å². The van der Waals surface area contributed by atoms with Crippen LogP contribution in [0.4, 0.5) is 10.5 Å². The van der Waals surface area contributed by atoms with Gasteiger partial charge >= 0.3 is 6.03 Å². The second-order valence-corrected chi connectivity index (χ2v) is 6.18. The van der Waals surface area contributed by atoms with Crippen LogP contribution in [0.3, 0.4) is 0 Å². The van der Waals surface area contributed by atoms with Gasteiger partial charge in [-0.25, -0.2) is 4.79 Å². The molecular formula is C17H23N5O. The fourth-order valence-electron chi connectivity index (χ4n) is 3.09. The van der Waals surface area contributed by atoms with E-state index in [0.717, 1.165) is 26.1 Å². The van der Waals surface area contributed by atoms with E-state index in [1.54, 1.807) is 12.4 Å². The first-order valence-corrected chi connectivity index (χ1v) is 8.03. The smallest absolute Gasteiger partial charge is 0.319 e. The van der Waals surface area contributed by atoms with E-state index in [4.69, 9.17) is 0 Å². The number of carbonyl (C=O) groups excluding carboxylic acids is 1. The highest BCUT2D eigenvalue weighted by atomic mass is 16.2. The number of aromatic amines is 1. The second kappa shape index (κ2) is 7.28. The Morgan fingerprint density at radius 1 is 1.39 bits per heavy atom. The van der Waals surface area contributed by atoms with Crippen LogP contribution >= 0.6 is 0 Å². The van der Waals surface area contributed by atoms with Gasteiger partial charge in [0.25, 0.3) is 0 Å². The summed E-state index contributed by atoms with van der Waals surface area (Å²) in [5.74, 6) is 0.419. The molecule has 0 radical (unpaired) electrons. The molecule has 2 aromatic rings. The number of nitrogens with zero attached hydrogens (tertiary/aromatic N) is 2. The van der Waals surface area contributed by atoms with Gasteiger partial charge in [0.05, 0.1) is 11.9 Å². The molecule has 3 rings (SSSR count). The van der Waals surface area contributed by atoms with Crippen molar-refractivity contribution in [3.63, 3.8) is 0 Å². The third-order valence-corrected chi connectivity index (χ3v) is 4.31. The number of rotatable bonds is 4. The first-order valence-electron chi connectivity index (χ1n) is 8.03. The molecule has 0 aliphatic carbocycles. The van der Waals surface area contributed by atoms with Gasteiger partial charge in [-0.1, -0.05) is 37.3 Å². The Kier molecular flexibility index (Phi) is 4.92. The summed E-state index contributed by atoms with van der Waals surface area (Å²) in [4.78, 5) is 14.5. The number of anilines is 1. The Morgan fingerprint density at radius 2 is 2.22 bits per heavy atom. The number of hydrogen-bond donors (Lipinski definition) is 3. The molecule has 0 bridgehead atoms. The molecule has 1 saturated heterocycles. The third-order valence-electron chi connectivity index (χ3n) is 4.31. The van der Waals surface area contributed by atoms with E-state index in [-0.39, 0.29) is 12.1 Å². The second-order valence-electron chi connectivity index (χ2n) is 6.18. The summed E-state index contributed by atoms with van der Waals surface area (Å²) in [6, 6.07) is 10.6. The molecular weight excluding hydrogens is 290 g/mol. The van der Waals surface area contributed by atoms with Crippen molar-refractivity contribution in [2.45, 2.75) is 25.9 Å². The summed E-state index contributed by atoms with van der Waals surface area (Å²) in [7, 11) is 0. The lowest BCUT2D eigenvalue weighted by Gasteiger charge is -2.37. The normalized spacial score (nSPS) is 21.8. The predicted molar refractivity (Wildman–Crippen MR) is 90.0 cm³/mol. The minimum atomic E-state index is -0.167. The number of amides is 2. The van der Waals surface area contributed by atoms with Crippen LogP contribution in [0.15, 0.2) is 42.7 Å². The topological polar surface area (TPSA) is 73.1 Å². The van der Waals surface area contributed by atoms with Gasteiger partial charge in [0.15, 0.2) is 0 Å². The average molecular weight is 313 g/mol. The van der Waals surface area contributed by atoms with Gasteiger partial charge in [-0.2, -0.15) is 5.10 Å². The van der Waals surface area contributed by atoms with Crippen molar-refractivity contribution in [1.29, 1.82) is 0 Å². The van der Waals surface area contributed by atoms with Crippen LogP contribution in [0.1, 0.15) is 18.9 Å². The number of aromatic nitrogens is 2. The molecule has 1 aliphatic heterocycles. The Hall–Kier alpha value is -2.34. The Bertz CT molecular complexity index is 613. The summed E-state index contributed by atoms with van der Waals surface area (Å²) in [5.41, 5.74) is 2.01. The maximum Gasteiger partial charge on any atom is 0.319 e. The van der Waals surface area contributed by atoms with Crippen LogP contribution in [0.5, 0.6) is 0 Å². The zero-order valence-electron chi connectivity index (χ0n) is 13.3. The summed E-state index contributed by atoms with van der Waals surface area (Å²) >= 11 is 0. The van der Waals surface area contributed by atoms with Crippen molar-refractivity contribution in [3.05, 3.63) is 48.3 Å². The number of benzene rings is 1. The zero-order chi connectivity index (χ0) is 16.1. The molecule has 2 unspecified atom stereocenters. The maximum absolute atomic E-state index is 12.0. The fourth-order valence-corrected chi connectivity index (χ4v) is 3.09. The van der Waals surface area contributed by atoms with Crippen molar-refractivity contribution in [3.8, 4) is 0 Å². The summed E-state index contributed by atoms with van der Waals surface area (Å²) < 4.78 is 0. The fraction of sp³-hybridized carbons (Fsp3) is 0.412. The number of hydrogen-bond acceptors (Lipinski definition) is 3. The number of carbonyl (C=O) groups is 1. The largest absolute Gasteiger partial charge is 0.335 e. The SMILES string of the molecule is CC1CN(Cc2ccccc2)CCC1NC(=O)Nc1cn[nH]c1. The average Bonchev–Trinajstić information content (AvgIpc) is 3.04. The van der Waals surface area contributed by atoms with E-state index in [2.05, 4.69) is 56.9 Å². The number of urea groups is 1. The summed E-state index contributed by atoms with van der Waals surface area (Å²) in [6.07, 6.45) is 4.21. The first kappa shape index (κ1) is 15.6. The van der Waals surface area contributed by atoms with Crippen LogP contribution in [-0.4, -0.2) is 40.3 Å². The van der Waals surface area contributed by atoms with E-state index in [1.807, 2.05) is 6.07 Å². The highest BCUT2D eigenvalue weighted by Crippen LogP contribution is 2.19. The lowest BCUT2D eigenvalue weighted by molar-refractivity contribution is 0.144. The van der Waals surface area contributed by atoms with E-state index >= 15 is 0 Å². The third kappa shape index (κ3) is 4.32. The van der Waals surface area contributed by atoms with Crippen molar-refractivity contribution in [2.75, 3.05) is 18.4 Å². The molecule has 1 aliphatic rings. The van der Waals surface area contributed by atoms with Crippen LogP contribution in [0, 0.1) is 5.92 Å². The first-order chi connectivity index (χ1) is 11.2. The zero-order valence-corrected chi connectivity index (χ0v) is 13.3. The van der Waals surface area contributed by atoms with E-state index in [9.17, 15) is 4.79 Å². The maximum atomic E-state index is 12.0. The minimum absolute atomic E-state index is 0.167. The molecule has 2 heterocycles. The van der Waals surface area contributed by atoms with Gasteiger partial charge in [-0.3, -0.25) is 10.00 Å². The Morgan fingerprint density at radius 3 is 2.91 bits per heavy atom. The number of likely N-dealkylation sites (tertiary alicyclic amines) is 1. The molecule has 0 spiro atoms. The number of piperidine rings is 1. The molecule has 2 amide bonds. The van der Waals surface area contributed by atoms with E-state index in [1.165, 1.54) is 5.56 Å². The number of nitrogens with one attached hydrogen (secondary N) is 3. The molecule has 23 heavy (non-hydrogen) atoms. The quantitative estimate of drug-likeness (QED) is 0.812. The van der Waals surface area contributed by atoms with Crippen LogP contribution in [0.2, 0.25) is 0 Å². The Labute approximate surface area is 136 Å². The monoisotopic (exact) mass is 313 g/mol. The van der Waals surface area contributed by atoms with Crippen LogP contribution < -0.4 is 10.6 Å². The van der Waals surface area contributed by atoms with E-state index < -0.39 is 0 Å². The Balaban J connectivity index is 1.47. The molecule has 0 saturated carbocycles. The van der Waals surface area contributed by atoms with Crippen molar-refractivity contribution < 1.29 is 4.79 Å². The van der Waals surface area contributed by atoms with Crippen LogP contribution in [-0.2, 0) is 6.54 Å². The summed E-state index contributed by atoms with van der Waals surface area (Å²) in [5, 5.41) is 12.3. The van der Waals surface area contributed by atoms with Crippen molar-refractivity contribution in [2.24, 2.45) is 5.92 Å². The molecule has 2 atom stereocenters. The molecule has 1 aromatic carbocycles. The minimum Gasteiger partial charge on any atom is -0.335 e. The standard InChI is InChI=1S/C17H23N5O/c1-13-11-22(12-14-5-3-2-4-6-14)8-7-16(13)21-17(23)20-15-9-18-19-10-15/h2-6,9-10,13,16H,7-8,11-12H2,1H3,(H,18,19)(H2,20,21,23). The van der Waals surface area contributed by atoms with Gasteiger partial charge in [-0.15, -0.1) is 0 Å². The molecule has 1 aromatic heterocycles. The molecule has 6 nitrogen and oxygen atoms in total. The highest BCUT2D eigenvalue weighted by molar-refractivity contribution is 5.89. The molecule has 122 valence electrons. The van der Waals surface area contributed by atoms with E-state index in [0.29, 0.717) is 11.6 Å². The summed E-state index contributed by atoms with van der Waals surface area (Å²) in [6.45, 7) is 5.15. The van der Waals surface area contributed by atoms with Crippen molar-refractivity contribution >= 4 is 11.7 Å². The van der Waals surface area contributed by atoms with Crippen LogP contribution in [0.25, 0.3) is 0 Å². The highest BCUT2D eigenvalue weighted by Gasteiger charge is 2.27. The molecule has 1 fully saturated rings. The molecule has 6 heteroatoms. The molecule has 3 N–H and O–H groups in total. The van der Waals surface area contributed by atoms with Gasteiger partial charge in [-0.05, 0) is 17.9 Å².